The van der Waals surface area contributed by atoms with Crippen LogP contribution in [0.15, 0.2) is 54.6 Å². The second-order valence-corrected chi connectivity index (χ2v) is 6.34. The van der Waals surface area contributed by atoms with Gasteiger partial charge in [-0.1, -0.05) is 18.2 Å². The molecule has 1 fully saturated rings. The average Bonchev–Trinajstić information content (AvgIpc) is 2.67. The third-order valence-electron chi connectivity index (χ3n) is 4.64. The predicted octanol–water partition coefficient (Wildman–Crippen LogP) is 2.58. The van der Waals surface area contributed by atoms with E-state index < -0.39 is 6.10 Å². The lowest BCUT2D eigenvalue weighted by molar-refractivity contribution is 0.0700. The molecule has 1 heterocycles. The quantitative estimate of drug-likeness (QED) is 0.820. The fraction of sp³-hybridized carbons (Fsp3) is 0.350. The largest absolute Gasteiger partial charge is 0.385 e. The first kappa shape index (κ1) is 17.6. The molecule has 1 aliphatic rings. The van der Waals surface area contributed by atoms with Crippen molar-refractivity contribution in [3.8, 4) is 0 Å². The summed E-state index contributed by atoms with van der Waals surface area (Å²) < 4.78 is 12.9. The summed E-state index contributed by atoms with van der Waals surface area (Å²) in [5.41, 5.74) is 1.58. The van der Waals surface area contributed by atoms with E-state index in [9.17, 15) is 14.3 Å². The van der Waals surface area contributed by atoms with Crippen LogP contribution in [0.25, 0.3) is 0 Å². The van der Waals surface area contributed by atoms with Gasteiger partial charge < -0.3 is 10.0 Å². The van der Waals surface area contributed by atoms with Crippen LogP contribution in [0.4, 0.5) is 10.1 Å². The third kappa shape index (κ3) is 4.65. The van der Waals surface area contributed by atoms with Crippen LogP contribution in [0, 0.1) is 5.82 Å². The van der Waals surface area contributed by atoms with Gasteiger partial charge in [0.15, 0.2) is 5.78 Å². The van der Waals surface area contributed by atoms with Gasteiger partial charge in [-0.3, -0.25) is 9.69 Å². The number of piperazine rings is 1. The molecular weight excluding hydrogens is 319 g/mol. The predicted molar refractivity (Wildman–Crippen MR) is 96.4 cm³/mol. The zero-order valence-electron chi connectivity index (χ0n) is 14.1. The Morgan fingerprint density at radius 3 is 2.28 bits per heavy atom. The highest BCUT2D eigenvalue weighted by Gasteiger charge is 2.21. The maximum absolute atomic E-state index is 12.9. The number of carbonyl (C=O) groups excluding carboxylic acids is 1. The minimum atomic E-state index is -1.04. The Balaban J connectivity index is 1.45. The summed E-state index contributed by atoms with van der Waals surface area (Å²) in [6.07, 6.45) is -0.653. The van der Waals surface area contributed by atoms with E-state index in [0.29, 0.717) is 18.5 Å². The van der Waals surface area contributed by atoms with Gasteiger partial charge in [0.2, 0.25) is 0 Å². The van der Waals surface area contributed by atoms with Crippen molar-refractivity contribution >= 4 is 11.5 Å². The summed E-state index contributed by atoms with van der Waals surface area (Å²) >= 11 is 0. The van der Waals surface area contributed by atoms with Crippen LogP contribution < -0.4 is 4.90 Å². The van der Waals surface area contributed by atoms with E-state index in [1.54, 1.807) is 0 Å². The van der Waals surface area contributed by atoms with E-state index in [1.165, 1.54) is 30.0 Å². The summed E-state index contributed by atoms with van der Waals surface area (Å²) in [5, 5.41) is 10.1. The summed E-state index contributed by atoms with van der Waals surface area (Å²) in [5.74, 6) is -0.731. The van der Waals surface area contributed by atoms with Crippen molar-refractivity contribution in [1.82, 2.24) is 4.90 Å². The number of nitrogens with zero attached hydrogens (tertiary/aromatic N) is 2. The van der Waals surface area contributed by atoms with Gasteiger partial charge in [0.1, 0.15) is 11.9 Å². The van der Waals surface area contributed by atoms with Gasteiger partial charge in [0.05, 0.1) is 0 Å². The molecule has 4 nitrogen and oxygen atoms in total. The van der Waals surface area contributed by atoms with Crippen LogP contribution in [0.1, 0.15) is 16.8 Å². The number of aliphatic hydroxyl groups excluding tert-OH is 1. The Kier molecular flexibility index (Phi) is 5.79. The Morgan fingerprint density at radius 2 is 1.64 bits per heavy atom. The van der Waals surface area contributed by atoms with Crippen molar-refractivity contribution in [3.05, 3.63) is 66.0 Å². The molecule has 1 atom stereocenters. The minimum Gasteiger partial charge on any atom is -0.385 e. The summed E-state index contributed by atoms with van der Waals surface area (Å²) in [7, 11) is 0. The summed E-state index contributed by atoms with van der Waals surface area (Å²) in [4.78, 5) is 16.8. The molecule has 1 saturated heterocycles. The number of benzene rings is 2. The van der Waals surface area contributed by atoms with E-state index in [1.807, 2.05) is 18.2 Å². The van der Waals surface area contributed by atoms with Crippen molar-refractivity contribution in [2.24, 2.45) is 0 Å². The number of anilines is 1. The molecule has 132 valence electrons. The van der Waals surface area contributed by atoms with Gasteiger partial charge in [0, 0.05) is 44.0 Å². The maximum Gasteiger partial charge on any atom is 0.191 e. The summed E-state index contributed by atoms with van der Waals surface area (Å²) in [6, 6.07) is 15.6. The van der Waals surface area contributed by atoms with Crippen molar-refractivity contribution in [1.29, 1.82) is 0 Å². The number of hydrogen-bond donors (Lipinski definition) is 1. The molecule has 0 bridgehead atoms. The zero-order chi connectivity index (χ0) is 17.6. The smallest absolute Gasteiger partial charge is 0.191 e. The van der Waals surface area contributed by atoms with Gasteiger partial charge in [-0.25, -0.2) is 4.39 Å². The first-order chi connectivity index (χ1) is 12.1. The van der Waals surface area contributed by atoms with Crippen molar-refractivity contribution in [2.45, 2.75) is 12.5 Å². The number of Topliss-reactive ketones (excluding diaryl/α,β-unsaturated/α-hetero) is 1. The highest BCUT2D eigenvalue weighted by molar-refractivity contribution is 5.99. The molecule has 0 aromatic heterocycles. The molecule has 2 aromatic carbocycles. The first-order valence-electron chi connectivity index (χ1n) is 8.64. The Hall–Kier alpha value is -2.24. The number of carbonyl (C=O) groups is 1. The number of aliphatic hydroxyl groups is 1. The topological polar surface area (TPSA) is 43.8 Å². The van der Waals surface area contributed by atoms with Gasteiger partial charge in [-0.2, -0.15) is 0 Å². The SMILES string of the molecule is O=C(c1ccc(F)cc1)[C@H](O)CCN1CCN(c2ccccc2)CC1. The second kappa shape index (κ2) is 8.23. The minimum absolute atomic E-state index is 0.345. The van der Waals surface area contributed by atoms with E-state index in [-0.39, 0.29) is 11.6 Å². The van der Waals surface area contributed by atoms with E-state index in [4.69, 9.17) is 0 Å². The summed E-state index contributed by atoms with van der Waals surface area (Å²) in [6.45, 7) is 4.37. The lowest BCUT2D eigenvalue weighted by atomic mass is 10.0. The lowest BCUT2D eigenvalue weighted by Gasteiger charge is -2.36. The molecule has 0 aliphatic carbocycles. The van der Waals surface area contributed by atoms with Crippen molar-refractivity contribution in [2.75, 3.05) is 37.6 Å². The number of para-hydroxylation sites is 1. The average molecular weight is 342 g/mol. The molecular formula is C20H23FN2O2. The number of hydrogen-bond acceptors (Lipinski definition) is 4. The molecule has 0 saturated carbocycles. The van der Waals surface area contributed by atoms with Gasteiger partial charge in [-0.15, -0.1) is 0 Å². The first-order valence-corrected chi connectivity index (χ1v) is 8.64. The molecule has 0 radical (unpaired) electrons. The number of ketones is 1. The van der Waals surface area contributed by atoms with E-state index in [0.717, 1.165) is 26.2 Å². The van der Waals surface area contributed by atoms with Crippen molar-refractivity contribution in [3.63, 3.8) is 0 Å². The molecule has 1 N–H and O–H groups in total. The molecule has 25 heavy (non-hydrogen) atoms. The van der Waals surface area contributed by atoms with E-state index in [2.05, 4.69) is 21.9 Å². The number of halogens is 1. The fourth-order valence-corrected chi connectivity index (χ4v) is 3.11. The molecule has 0 amide bonds. The zero-order valence-corrected chi connectivity index (χ0v) is 14.1. The van der Waals surface area contributed by atoms with Crippen LogP contribution in [0.2, 0.25) is 0 Å². The molecule has 0 spiro atoms. The maximum atomic E-state index is 12.9. The van der Waals surface area contributed by atoms with Gasteiger partial charge in [0.25, 0.3) is 0 Å². The molecule has 5 heteroatoms. The third-order valence-corrected chi connectivity index (χ3v) is 4.64. The van der Waals surface area contributed by atoms with E-state index >= 15 is 0 Å². The Bertz CT molecular complexity index is 683. The Morgan fingerprint density at radius 1 is 1.00 bits per heavy atom. The molecule has 1 aliphatic heterocycles. The standard InChI is InChI=1S/C20H23FN2O2/c21-17-8-6-16(7-9-17)20(25)19(24)10-11-22-12-14-23(15-13-22)18-4-2-1-3-5-18/h1-9,19,24H,10-15H2/t19-/m1/s1. The Labute approximate surface area is 147 Å². The van der Waals surface area contributed by atoms with Gasteiger partial charge in [-0.05, 0) is 42.8 Å². The lowest BCUT2D eigenvalue weighted by Crippen LogP contribution is -2.47. The monoisotopic (exact) mass is 342 g/mol. The van der Waals surface area contributed by atoms with Gasteiger partial charge >= 0.3 is 0 Å². The fourth-order valence-electron chi connectivity index (χ4n) is 3.11. The van der Waals surface area contributed by atoms with Crippen molar-refractivity contribution < 1.29 is 14.3 Å². The molecule has 2 aromatic rings. The molecule has 3 rings (SSSR count). The normalized spacial score (nSPS) is 16.6. The van der Waals surface area contributed by atoms with Crippen LogP contribution in [-0.2, 0) is 0 Å². The van der Waals surface area contributed by atoms with Crippen LogP contribution in [0.3, 0.4) is 0 Å². The molecule has 0 unspecified atom stereocenters. The van der Waals surface area contributed by atoms with Crippen LogP contribution in [-0.4, -0.2) is 54.6 Å². The highest BCUT2D eigenvalue weighted by atomic mass is 19.1. The second-order valence-electron chi connectivity index (χ2n) is 6.34. The van der Waals surface area contributed by atoms with Crippen LogP contribution >= 0.6 is 0 Å². The number of rotatable bonds is 6. The highest BCUT2D eigenvalue weighted by Crippen LogP contribution is 2.16. The van der Waals surface area contributed by atoms with Crippen LogP contribution in [0.5, 0.6) is 0 Å².